The molecule has 1 saturated heterocycles. The van der Waals surface area contributed by atoms with Crippen LogP contribution in [0.5, 0.6) is 11.5 Å². The van der Waals surface area contributed by atoms with E-state index >= 15 is 0 Å². The van der Waals surface area contributed by atoms with E-state index in [2.05, 4.69) is 0 Å². The second kappa shape index (κ2) is 8.68. The molecule has 0 unspecified atom stereocenters. The predicted octanol–water partition coefficient (Wildman–Crippen LogP) is -0.00370. The smallest absolute Gasteiger partial charge is 0.229 e. The number of ether oxygens (including phenoxy) is 2. The Balaban J connectivity index is 1.71. The summed E-state index contributed by atoms with van der Waals surface area (Å²) >= 11 is 0. The Morgan fingerprint density at radius 3 is 2.36 bits per heavy atom. The van der Waals surface area contributed by atoms with Crippen molar-refractivity contribution in [3.05, 3.63) is 59.7 Å². The van der Waals surface area contributed by atoms with Crippen LogP contribution in [0.1, 0.15) is 15.9 Å². The van der Waals surface area contributed by atoms with Crippen LogP contribution in [-0.4, -0.2) is 68.6 Å². The highest BCUT2D eigenvalue weighted by molar-refractivity contribution is 6.00. The minimum atomic E-state index is -1.57. The van der Waals surface area contributed by atoms with Crippen LogP contribution in [0, 0.1) is 0 Å². The van der Waals surface area contributed by atoms with Gasteiger partial charge >= 0.3 is 0 Å². The minimum absolute atomic E-state index is 0.0816. The molecule has 1 fully saturated rings. The number of aliphatic hydroxyl groups excluding tert-OH is 4. The zero-order valence-corrected chi connectivity index (χ0v) is 14.9. The summed E-state index contributed by atoms with van der Waals surface area (Å²) in [4.78, 5) is 12.4. The number of ketones is 1. The van der Waals surface area contributed by atoms with Crippen molar-refractivity contribution in [2.75, 3.05) is 6.61 Å². The van der Waals surface area contributed by atoms with Crippen LogP contribution in [-0.2, 0) is 11.2 Å². The monoisotopic (exact) mass is 390 g/mol. The van der Waals surface area contributed by atoms with E-state index < -0.39 is 37.3 Å². The summed E-state index contributed by atoms with van der Waals surface area (Å²) in [6.45, 7) is -0.580. The molecule has 0 radical (unpaired) electrons. The van der Waals surface area contributed by atoms with Crippen LogP contribution in [0.25, 0.3) is 0 Å². The van der Waals surface area contributed by atoms with Crippen molar-refractivity contribution in [3.63, 3.8) is 0 Å². The molecule has 1 aliphatic heterocycles. The number of hydrogen-bond donors (Lipinski definition) is 5. The molecule has 0 aromatic heterocycles. The average Bonchev–Trinajstić information content (AvgIpc) is 2.69. The maximum absolute atomic E-state index is 12.4. The van der Waals surface area contributed by atoms with E-state index in [1.54, 1.807) is 0 Å². The van der Waals surface area contributed by atoms with Gasteiger partial charge in [-0.2, -0.15) is 0 Å². The molecule has 150 valence electrons. The lowest BCUT2D eigenvalue weighted by molar-refractivity contribution is -0.277. The van der Waals surface area contributed by atoms with Gasteiger partial charge in [-0.05, 0) is 17.7 Å². The number of carbonyl (C=O) groups excluding carboxylic acids is 1. The number of Topliss-reactive ketones (excluding diaryl/α,β-unsaturated/α-hetero) is 1. The molecule has 8 nitrogen and oxygen atoms in total. The molecular weight excluding hydrogens is 368 g/mol. The second-order valence-electron chi connectivity index (χ2n) is 6.58. The van der Waals surface area contributed by atoms with Crippen molar-refractivity contribution in [2.24, 2.45) is 0 Å². The zero-order chi connectivity index (χ0) is 20.3. The van der Waals surface area contributed by atoms with Gasteiger partial charge in [0.2, 0.25) is 6.29 Å². The summed E-state index contributed by atoms with van der Waals surface area (Å²) in [6.07, 6.45) is -6.99. The topological polar surface area (TPSA) is 137 Å². The van der Waals surface area contributed by atoms with E-state index in [9.17, 15) is 30.3 Å². The summed E-state index contributed by atoms with van der Waals surface area (Å²) in [7, 11) is 0. The Kier molecular flexibility index (Phi) is 6.28. The second-order valence-corrected chi connectivity index (χ2v) is 6.58. The van der Waals surface area contributed by atoms with Crippen molar-refractivity contribution in [1.82, 2.24) is 0 Å². The fourth-order valence-corrected chi connectivity index (χ4v) is 3.00. The van der Waals surface area contributed by atoms with Gasteiger partial charge in [0.05, 0.1) is 12.2 Å². The molecule has 1 heterocycles. The van der Waals surface area contributed by atoms with E-state index in [0.29, 0.717) is 0 Å². The largest absolute Gasteiger partial charge is 0.507 e. The Bertz CT molecular complexity index is 807. The summed E-state index contributed by atoms with van der Waals surface area (Å²) in [6, 6.07) is 13.1. The summed E-state index contributed by atoms with van der Waals surface area (Å²) in [5.74, 6) is -0.496. The third-order valence-corrected chi connectivity index (χ3v) is 4.58. The first-order valence-corrected chi connectivity index (χ1v) is 8.78. The zero-order valence-electron chi connectivity index (χ0n) is 14.9. The summed E-state index contributed by atoms with van der Waals surface area (Å²) in [5.41, 5.74) is 0.929. The first-order valence-electron chi connectivity index (χ1n) is 8.78. The third kappa shape index (κ3) is 4.32. The van der Waals surface area contributed by atoms with E-state index in [-0.39, 0.29) is 29.3 Å². The van der Waals surface area contributed by atoms with Gasteiger partial charge in [-0.15, -0.1) is 0 Å². The Morgan fingerprint density at radius 2 is 1.71 bits per heavy atom. The molecule has 5 atom stereocenters. The Labute approximate surface area is 161 Å². The summed E-state index contributed by atoms with van der Waals surface area (Å²) < 4.78 is 10.7. The lowest BCUT2D eigenvalue weighted by atomic mass is 9.99. The number of aromatic hydroxyl groups is 1. The standard InChI is InChI=1S/C20H22O8/c21-10-16-17(24)18(25)19(26)20(28-16)27-12-6-7-13(15(23)9-12)14(22)8-11-4-2-1-3-5-11/h1-7,9,16-21,23-26H,8,10H2/t16-,17+,18+,19-,20+/m0/s1. The molecule has 8 heteroatoms. The highest BCUT2D eigenvalue weighted by Crippen LogP contribution is 2.29. The molecule has 3 rings (SSSR count). The molecule has 2 aromatic rings. The van der Waals surface area contributed by atoms with Gasteiger partial charge < -0.3 is 35.0 Å². The first kappa shape index (κ1) is 20.2. The number of phenols is 1. The van der Waals surface area contributed by atoms with Gasteiger partial charge in [-0.3, -0.25) is 4.79 Å². The van der Waals surface area contributed by atoms with Crippen LogP contribution < -0.4 is 4.74 Å². The van der Waals surface area contributed by atoms with E-state index in [1.807, 2.05) is 30.3 Å². The minimum Gasteiger partial charge on any atom is -0.507 e. The van der Waals surface area contributed by atoms with Crippen molar-refractivity contribution >= 4 is 5.78 Å². The average molecular weight is 390 g/mol. The van der Waals surface area contributed by atoms with Crippen molar-refractivity contribution in [2.45, 2.75) is 37.1 Å². The maximum atomic E-state index is 12.4. The normalized spacial score (nSPS) is 27.4. The quantitative estimate of drug-likeness (QED) is 0.435. The molecule has 28 heavy (non-hydrogen) atoms. The van der Waals surface area contributed by atoms with Crippen LogP contribution >= 0.6 is 0 Å². The molecule has 0 saturated carbocycles. The summed E-state index contributed by atoms with van der Waals surface area (Å²) in [5, 5.41) is 49.0. The fraction of sp³-hybridized carbons (Fsp3) is 0.350. The van der Waals surface area contributed by atoms with Gasteiger partial charge in [-0.25, -0.2) is 0 Å². The molecule has 0 bridgehead atoms. The maximum Gasteiger partial charge on any atom is 0.229 e. The third-order valence-electron chi connectivity index (χ3n) is 4.58. The Hall–Kier alpha value is -2.49. The van der Waals surface area contributed by atoms with Crippen molar-refractivity contribution < 1.29 is 39.8 Å². The number of carbonyl (C=O) groups is 1. The number of benzene rings is 2. The molecule has 0 amide bonds. The van der Waals surface area contributed by atoms with Gasteiger partial charge in [-0.1, -0.05) is 30.3 Å². The van der Waals surface area contributed by atoms with E-state index in [4.69, 9.17) is 9.47 Å². The number of phenolic OH excluding ortho intramolecular Hbond substituents is 1. The predicted molar refractivity (Wildman–Crippen MR) is 97.0 cm³/mol. The first-order chi connectivity index (χ1) is 13.4. The highest BCUT2D eigenvalue weighted by Gasteiger charge is 2.44. The van der Waals surface area contributed by atoms with Crippen LogP contribution in [0.2, 0.25) is 0 Å². The highest BCUT2D eigenvalue weighted by atomic mass is 16.7. The van der Waals surface area contributed by atoms with E-state index in [0.717, 1.165) is 5.56 Å². The molecule has 5 N–H and O–H groups in total. The molecule has 2 aromatic carbocycles. The van der Waals surface area contributed by atoms with Gasteiger partial charge in [0, 0.05) is 12.5 Å². The number of hydrogen-bond acceptors (Lipinski definition) is 8. The lowest BCUT2D eigenvalue weighted by Gasteiger charge is -2.39. The Morgan fingerprint density at radius 1 is 1.00 bits per heavy atom. The van der Waals surface area contributed by atoms with Gasteiger partial charge in [0.15, 0.2) is 5.78 Å². The molecule has 0 spiro atoms. The van der Waals surface area contributed by atoms with Crippen molar-refractivity contribution in [1.29, 1.82) is 0 Å². The molecule has 0 aliphatic carbocycles. The fourth-order valence-electron chi connectivity index (χ4n) is 3.00. The van der Waals surface area contributed by atoms with Crippen LogP contribution in [0.4, 0.5) is 0 Å². The number of rotatable bonds is 6. The van der Waals surface area contributed by atoms with E-state index in [1.165, 1.54) is 18.2 Å². The van der Waals surface area contributed by atoms with Crippen LogP contribution in [0.15, 0.2) is 48.5 Å². The van der Waals surface area contributed by atoms with Crippen molar-refractivity contribution in [3.8, 4) is 11.5 Å². The molecule has 1 aliphatic rings. The van der Waals surface area contributed by atoms with Crippen LogP contribution in [0.3, 0.4) is 0 Å². The molecular formula is C20H22O8. The SMILES string of the molecule is O=C(Cc1ccccc1)c1ccc(O[C@@H]2O[C@@H](CO)[C@@H](O)[C@@H](O)[C@@H]2O)cc1O. The lowest BCUT2D eigenvalue weighted by Crippen LogP contribution is -2.60. The van der Waals surface area contributed by atoms with Gasteiger partial charge in [0.25, 0.3) is 0 Å². The number of aliphatic hydroxyl groups is 4. The van der Waals surface area contributed by atoms with Gasteiger partial charge in [0.1, 0.15) is 35.9 Å².